The van der Waals surface area contributed by atoms with Gasteiger partial charge in [0.15, 0.2) is 0 Å². The second-order valence-corrected chi connectivity index (χ2v) is 5.13. The Labute approximate surface area is 122 Å². The number of pyridine rings is 1. The molecule has 0 atom stereocenters. The number of nitrogens with one attached hydrogen (secondary N) is 1. The summed E-state index contributed by atoms with van der Waals surface area (Å²) in [5.74, 6) is 0.273. The molecule has 1 aromatic heterocycles. The van der Waals surface area contributed by atoms with Crippen LogP contribution in [0.5, 0.6) is 11.6 Å². The molecule has 0 radical (unpaired) electrons. The predicted molar refractivity (Wildman–Crippen MR) is 77.7 cm³/mol. The second-order valence-electron chi connectivity index (χ2n) is 4.72. The van der Waals surface area contributed by atoms with Crippen LogP contribution < -0.4 is 10.1 Å². The maximum Gasteiger partial charge on any atom is 0.219 e. The van der Waals surface area contributed by atoms with Crippen molar-refractivity contribution in [1.82, 2.24) is 10.3 Å². The number of rotatable bonds is 5. The quantitative estimate of drug-likeness (QED) is 0.899. The van der Waals surface area contributed by atoms with Crippen molar-refractivity contribution in [3.05, 3.63) is 52.9 Å². The van der Waals surface area contributed by atoms with Gasteiger partial charge in [-0.15, -0.1) is 0 Å². The lowest BCUT2D eigenvalue weighted by molar-refractivity contribution is 0.457. The van der Waals surface area contributed by atoms with Crippen LogP contribution in [0, 0.1) is 5.82 Å². The van der Waals surface area contributed by atoms with Crippen LogP contribution in [0.15, 0.2) is 36.5 Å². The molecule has 0 spiro atoms. The fourth-order valence-corrected chi connectivity index (χ4v) is 1.68. The third-order valence-corrected chi connectivity index (χ3v) is 2.93. The van der Waals surface area contributed by atoms with Crippen molar-refractivity contribution in [1.29, 1.82) is 0 Å². The van der Waals surface area contributed by atoms with Crippen molar-refractivity contribution in [3.63, 3.8) is 0 Å². The maximum atomic E-state index is 13.3. The first-order chi connectivity index (χ1) is 9.54. The Morgan fingerprint density at radius 2 is 2.10 bits per heavy atom. The lowest BCUT2D eigenvalue weighted by Gasteiger charge is -2.09. The van der Waals surface area contributed by atoms with Gasteiger partial charge in [-0.25, -0.2) is 9.37 Å². The highest BCUT2D eigenvalue weighted by Gasteiger charge is 2.04. The molecule has 0 aliphatic heterocycles. The van der Waals surface area contributed by atoms with Crippen LogP contribution in [0.4, 0.5) is 4.39 Å². The van der Waals surface area contributed by atoms with Crippen molar-refractivity contribution in [2.24, 2.45) is 0 Å². The van der Waals surface area contributed by atoms with Gasteiger partial charge in [0.2, 0.25) is 5.88 Å². The monoisotopic (exact) mass is 294 g/mol. The molecular weight excluding hydrogens is 279 g/mol. The highest BCUT2D eigenvalue weighted by Crippen LogP contribution is 2.24. The van der Waals surface area contributed by atoms with Crippen molar-refractivity contribution < 1.29 is 9.13 Å². The summed E-state index contributed by atoms with van der Waals surface area (Å²) in [5, 5.41) is 3.37. The first-order valence-electron chi connectivity index (χ1n) is 6.36. The Morgan fingerprint density at radius 3 is 2.70 bits per heavy atom. The first-order valence-corrected chi connectivity index (χ1v) is 6.73. The molecule has 2 aromatic rings. The normalized spacial score (nSPS) is 10.8. The van der Waals surface area contributed by atoms with Crippen LogP contribution in [0.1, 0.15) is 19.4 Å². The standard InChI is InChI=1S/C15H16ClFN2O/c1-10(2)18-8-11-3-6-15(19-9-11)20-12-4-5-13(16)14(17)7-12/h3-7,9-10,18H,8H2,1-2H3. The van der Waals surface area contributed by atoms with E-state index in [4.69, 9.17) is 16.3 Å². The molecule has 0 aliphatic rings. The fraction of sp³-hybridized carbons (Fsp3) is 0.267. The minimum Gasteiger partial charge on any atom is -0.439 e. The minimum absolute atomic E-state index is 0.0698. The summed E-state index contributed by atoms with van der Waals surface area (Å²) in [6.07, 6.45) is 1.73. The van der Waals surface area contributed by atoms with Crippen molar-refractivity contribution in [3.8, 4) is 11.6 Å². The van der Waals surface area contributed by atoms with E-state index in [0.29, 0.717) is 17.7 Å². The molecule has 0 saturated carbocycles. The number of hydrogen-bond donors (Lipinski definition) is 1. The molecule has 0 unspecified atom stereocenters. The average molecular weight is 295 g/mol. The summed E-state index contributed by atoms with van der Waals surface area (Å²) < 4.78 is 18.7. The van der Waals surface area contributed by atoms with Gasteiger partial charge in [-0.1, -0.05) is 31.5 Å². The molecule has 0 aliphatic carbocycles. The molecule has 0 bridgehead atoms. The maximum absolute atomic E-state index is 13.3. The van der Waals surface area contributed by atoms with Gasteiger partial charge in [0.25, 0.3) is 0 Å². The summed E-state index contributed by atoms with van der Waals surface area (Å²) in [4.78, 5) is 4.19. The minimum atomic E-state index is -0.512. The number of halogens is 2. The molecule has 1 N–H and O–H groups in total. The fourth-order valence-electron chi connectivity index (χ4n) is 1.56. The second kappa shape index (κ2) is 6.68. The molecule has 1 heterocycles. The summed E-state index contributed by atoms with van der Waals surface area (Å²) in [6, 6.07) is 8.38. The van der Waals surface area contributed by atoms with Crippen LogP contribution in [0.3, 0.4) is 0 Å². The first kappa shape index (κ1) is 14.8. The molecule has 5 heteroatoms. The van der Waals surface area contributed by atoms with Gasteiger partial charge in [-0.3, -0.25) is 0 Å². The molecule has 0 fully saturated rings. The van der Waals surface area contributed by atoms with Gasteiger partial charge in [0, 0.05) is 30.9 Å². The number of benzene rings is 1. The van der Waals surface area contributed by atoms with E-state index < -0.39 is 5.82 Å². The van der Waals surface area contributed by atoms with E-state index in [-0.39, 0.29) is 5.02 Å². The van der Waals surface area contributed by atoms with E-state index in [1.807, 2.05) is 6.07 Å². The summed E-state index contributed by atoms with van der Waals surface area (Å²) >= 11 is 5.61. The Morgan fingerprint density at radius 1 is 1.30 bits per heavy atom. The highest BCUT2D eigenvalue weighted by molar-refractivity contribution is 6.30. The van der Waals surface area contributed by atoms with Gasteiger partial charge in [-0.2, -0.15) is 0 Å². The average Bonchev–Trinajstić information content (AvgIpc) is 2.42. The summed E-state index contributed by atoms with van der Waals surface area (Å²) in [5.41, 5.74) is 1.06. The smallest absolute Gasteiger partial charge is 0.219 e. The number of ether oxygens (including phenoxy) is 1. The summed E-state index contributed by atoms with van der Waals surface area (Å²) in [7, 11) is 0. The van der Waals surface area contributed by atoms with E-state index in [1.54, 1.807) is 18.3 Å². The van der Waals surface area contributed by atoms with E-state index in [0.717, 1.165) is 12.1 Å². The highest BCUT2D eigenvalue weighted by atomic mass is 35.5. The molecule has 2 rings (SSSR count). The van der Waals surface area contributed by atoms with Gasteiger partial charge < -0.3 is 10.1 Å². The lowest BCUT2D eigenvalue weighted by Crippen LogP contribution is -2.21. The van der Waals surface area contributed by atoms with Crippen LogP contribution in [0.25, 0.3) is 0 Å². The van der Waals surface area contributed by atoms with E-state index in [9.17, 15) is 4.39 Å². The van der Waals surface area contributed by atoms with Gasteiger partial charge >= 0.3 is 0 Å². The number of aromatic nitrogens is 1. The largest absolute Gasteiger partial charge is 0.439 e. The summed E-state index contributed by atoms with van der Waals surface area (Å²) in [6.45, 7) is 4.92. The molecule has 1 aromatic carbocycles. The van der Waals surface area contributed by atoms with Crippen LogP contribution in [-0.4, -0.2) is 11.0 Å². The molecule has 20 heavy (non-hydrogen) atoms. The molecule has 3 nitrogen and oxygen atoms in total. The number of hydrogen-bond acceptors (Lipinski definition) is 3. The van der Waals surface area contributed by atoms with E-state index >= 15 is 0 Å². The topological polar surface area (TPSA) is 34.1 Å². The zero-order chi connectivity index (χ0) is 14.5. The predicted octanol–water partition coefficient (Wildman–Crippen LogP) is 4.16. The van der Waals surface area contributed by atoms with Crippen LogP contribution in [-0.2, 0) is 6.54 Å². The molecule has 0 amide bonds. The van der Waals surface area contributed by atoms with E-state index in [1.165, 1.54) is 12.1 Å². The van der Waals surface area contributed by atoms with Crippen molar-refractivity contribution >= 4 is 11.6 Å². The lowest BCUT2D eigenvalue weighted by atomic mass is 10.2. The van der Waals surface area contributed by atoms with Crippen LogP contribution in [0.2, 0.25) is 5.02 Å². The molecule has 0 saturated heterocycles. The van der Waals surface area contributed by atoms with Gasteiger partial charge in [-0.05, 0) is 17.7 Å². The zero-order valence-electron chi connectivity index (χ0n) is 11.4. The third kappa shape index (κ3) is 4.18. The Kier molecular flexibility index (Phi) is 4.93. The third-order valence-electron chi connectivity index (χ3n) is 2.63. The Hall–Kier alpha value is -1.65. The molecule has 106 valence electrons. The van der Waals surface area contributed by atoms with Crippen LogP contribution >= 0.6 is 11.6 Å². The Balaban J connectivity index is 2.01. The van der Waals surface area contributed by atoms with Crippen molar-refractivity contribution in [2.45, 2.75) is 26.4 Å². The SMILES string of the molecule is CC(C)NCc1ccc(Oc2ccc(Cl)c(F)c2)nc1. The Bertz CT molecular complexity index is 573. The van der Waals surface area contributed by atoms with Gasteiger partial charge in [0.1, 0.15) is 11.6 Å². The van der Waals surface area contributed by atoms with Crippen molar-refractivity contribution in [2.75, 3.05) is 0 Å². The number of nitrogens with zero attached hydrogens (tertiary/aromatic N) is 1. The molecular formula is C15H16ClFN2O. The van der Waals surface area contributed by atoms with E-state index in [2.05, 4.69) is 24.1 Å². The zero-order valence-corrected chi connectivity index (χ0v) is 12.1. The van der Waals surface area contributed by atoms with Gasteiger partial charge in [0.05, 0.1) is 5.02 Å².